The van der Waals surface area contributed by atoms with Gasteiger partial charge in [0.05, 0.1) is 11.6 Å². The fourth-order valence-electron chi connectivity index (χ4n) is 1.75. The Labute approximate surface area is 114 Å². The topological polar surface area (TPSA) is 123 Å². The fraction of sp³-hybridized carbons (Fsp3) is 0. The molecule has 6 nitrogen and oxygen atoms in total. The Morgan fingerprint density at radius 2 is 1.80 bits per heavy atom. The summed E-state index contributed by atoms with van der Waals surface area (Å²) in [5.74, 6) is 0. The van der Waals surface area contributed by atoms with Crippen molar-refractivity contribution in [3.63, 3.8) is 0 Å². The van der Waals surface area contributed by atoms with Gasteiger partial charge in [-0.1, -0.05) is 0 Å². The van der Waals surface area contributed by atoms with Crippen LogP contribution < -0.4 is 5.32 Å². The summed E-state index contributed by atoms with van der Waals surface area (Å²) in [6, 6.07) is 12.1. The minimum atomic E-state index is -0.307. The Bertz CT molecular complexity index is 857. The molecule has 0 atom stereocenters. The Hall–Kier alpha value is -3.74. The zero-order valence-electron chi connectivity index (χ0n) is 10.1. The summed E-state index contributed by atoms with van der Waals surface area (Å²) in [5.41, 5.74) is 1.15. The molecule has 20 heavy (non-hydrogen) atoms. The van der Waals surface area contributed by atoms with Crippen LogP contribution in [0.3, 0.4) is 0 Å². The number of fused-ring (bicyclic) bond motifs is 1. The summed E-state index contributed by atoms with van der Waals surface area (Å²) in [5, 5.41) is 39.1. The third-order valence-corrected chi connectivity index (χ3v) is 2.64. The largest absolute Gasteiger partial charge is 0.361 e. The number of allylic oxidation sites excluding steroid dienone is 2. The Morgan fingerprint density at radius 1 is 1.05 bits per heavy atom. The van der Waals surface area contributed by atoms with Gasteiger partial charge in [-0.25, -0.2) is 0 Å². The molecule has 0 saturated carbocycles. The van der Waals surface area contributed by atoms with Crippen molar-refractivity contribution >= 4 is 16.6 Å². The van der Waals surface area contributed by atoms with E-state index in [2.05, 4.69) is 10.3 Å². The maximum atomic E-state index is 9.02. The normalized spacial score (nSPS) is 8.80. The lowest BCUT2D eigenvalue weighted by Crippen LogP contribution is -2.01. The maximum Gasteiger partial charge on any atom is 0.163 e. The van der Waals surface area contributed by atoms with E-state index in [4.69, 9.17) is 21.0 Å². The molecule has 0 fully saturated rings. The van der Waals surface area contributed by atoms with Crippen LogP contribution >= 0.6 is 0 Å². The van der Waals surface area contributed by atoms with Crippen LogP contribution in [0.2, 0.25) is 0 Å². The van der Waals surface area contributed by atoms with Crippen molar-refractivity contribution in [2.75, 3.05) is 5.32 Å². The lowest BCUT2D eigenvalue weighted by molar-refractivity contribution is 1.37. The van der Waals surface area contributed by atoms with E-state index >= 15 is 0 Å². The van der Waals surface area contributed by atoms with Gasteiger partial charge >= 0.3 is 0 Å². The van der Waals surface area contributed by atoms with E-state index in [0.29, 0.717) is 11.3 Å². The molecular weight excluding hydrogens is 252 g/mol. The van der Waals surface area contributed by atoms with Crippen LogP contribution in [0.5, 0.6) is 0 Å². The number of benzene rings is 1. The zero-order valence-corrected chi connectivity index (χ0v) is 10.1. The molecule has 0 spiro atoms. The molecule has 92 valence electrons. The summed E-state index contributed by atoms with van der Waals surface area (Å²) in [6.45, 7) is 0. The third-order valence-electron chi connectivity index (χ3n) is 2.64. The van der Waals surface area contributed by atoms with Crippen LogP contribution in [-0.4, -0.2) is 4.98 Å². The highest BCUT2D eigenvalue weighted by atomic mass is 14.9. The van der Waals surface area contributed by atoms with Gasteiger partial charge in [-0.05, 0) is 18.2 Å². The second kappa shape index (κ2) is 5.27. The van der Waals surface area contributed by atoms with Gasteiger partial charge in [0.1, 0.15) is 23.9 Å². The number of aromatic amines is 1. The minimum absolute atomic E-state index is 0.146. The van der Waals surface area contributed by atoms with Gasteiger partial charge in [0, 0.05) is 22.8 Å². The standard InChI is InChI=1S/C14H6N6/c15-5-9-3-12-11(1-2-19-12)13(4-9)20-14(8-18)10(6-16)7-17/h1-4,19-20H. The molecule has 1 aromatic carbocycles. The summed E-state index contributed by atoms with van der Waals surface area (Å²) in [6.07, 6.45) is 1.70. The molecule has 1 aromatic heterocycles. The first kappa shape index (κ1) is 12.7. The zero-order chi connectivity index (χ0) is 14.5. The Balaban J connectivity index is 2.61. The molecule has 0 saturated heterocycles. The molecule has 0 unspecified atom stereocenters. The fourth-order valence-corrected chi connectivity index (χ4v) is 1.75. The van der Waals surface area contributed by atoms with Gasteiger partial charge in [0.25, 0.3) is 0 Å². The molecule has 0 aliphatic carbocycles. The first-order valence-electron chi connectivity index (χ1n) is 5.46. The predicted octanol–water partition coefficient (Wildman–Crippen LogP) is 2.28. The first-order valence-corrected chi connectivity index (χ1v) is 5.46. The van der Waals surface area contributed by atoms with Gasteiger partial charge in [0.2, 0.25) is 0 Å². The number of aromatic nitrogens is 1. The summed E-state index contributed by atoms with van der Waals surface area (Å²) < 4.78 is 0. The lowest BCUT2D eigenvalue weighted by atomic mass is 10.1. The molecule has 0 radical (unpaired) electrons. The van der Waals surface area contributed by atoms with E-state index < -0.39 is 0 Å². The van der Waals surface area contributed by atoms with E-state index in [9.17, 15) is 0 Å². The van der Waals surface area contributed by atoms with Crippen molar-refractivity contribution in [2.24, 2.45) is 0 Å². The molecular formula is C14H6N6. The lowest BCUT2D eigenvalue weighted by Gasteiger charge is -2.07. The van der Waals surface area contributed by atoms with Crippen molar-refractivity contribution < 1.29 is 0 Å². The van der Waals surface area contributed by atoms with Gasteiger partial charge in [-0.15, -0.1) is 0 Å². The maximum absolute atomic E-state index is 9.02. The average molecular weight is 258 g/mol. The second-order valence-electron chi connectivity index (χ2n) is 3.78. The third kappa shape index (κ3) is 2.14. The van der Waals surface area contributed by atoms with Crippen molar-refractivity contribution in [1.29, 1.82) is 21.0 Å². The van der Waals surface area contributed by atoms with Gasteiger partial charge in [-0.2, -0.15) is 21.0 Å². The quantitative estimate of drug-likeness (QED) is 0.799. The van der Waals surface area contributed by atoms with Crippen LogP contribution in [0.15, 0.2) is 35.7 Å². The number of nitrogens with zero attached hydrogens (tertiary/aromatic N) is 4. The number of hydrogen-bond donors (Lipinski definition) is 2. The molecule has 2 rings (SSSR count). The minimum Gasteiger partial charge on any atom is -0.361 e. The summed E-state index contributed by atoms with van der Waals surface area (Å²) in [7, 11) is 0. The van der Waals surface area contributed by atoms with Crippen molar-refractivity contribution in [1.82, 2.24) is 4.98 Å². The van der Waals surface area contributed by atoms with Crippen LogP contribution in [0.1, 0.15) is 5.56 Å². The Kier molecular flexibility index (Phi) is 3.35. The number of hydrogen-bond acceptors (Lipinski definition) is 5. The average Bonchev–Trinajstić information content (AvgIpc) is 2.95. The Morgan fingerprint density at radius 3 is 2.40 bits per heavy atom. The highest BCUT2D eigenvalue weighted by Gasteiger charge is 2.10. The monoisotopic (exact) mass is 258 g/mol. The van der Waals surface area contributed by atoms with Gasteiger partial charge in [-0.3, -0.25) is 0 Å². The second-order valence-corrected chi connectivity index (χ2v) is 3.78. The highest BCUT2D eigenvalue weighted by molar-refractivity contribution is 5.94. The number of nitrogens with one attached hydrogen (secondary N) is 2. The number of rotatable bonds is 2. The van der Waals surface area contributed by atoms with E-state index in [1.54, 1.807) is 42.6 Å². The number of H-pyrrole nitrogens is 1. The molecule has 0 bridgehead atoms. The smallest absolute Gasteiger partial charge is 0.163 e. The summed E-state index contributed by atoms with van der Waals surface area (Å²) >= 11 is 0. The predicted molar refractivity (Wildman–Crippen MR) is 70.5 cm³/mol. The van der Waals surface area contributed by atoms with Crippen LogP contribution in [0.25, 0.3) is 10.9 Å². The SMILES string of the molecule is N#CC(C#N)=C(C#N)Nc1cc(C#N)cc2[nH]ccc12. The molecule has 6 heteroatoms. The van der Waals surface area contributed by atoms with Crippen molar-refractivity contribution in [3.8, 4) is 24.3 Å². The van der Waals surface area contributed by atoms with Crippen molar-refractivity contribution in [2.45, 2.75) is 0 Å². The van der Waals surface area contributed by atoms with E-state index in [1.807, 2.05) is 6.07 Å². The van der Waals surface area contributed by atoms with E-state index in [1.165, 1.54) is 0 Å². The molecule has 0 aliphatic heterocycles. The van der Waals surface area contributed by atoms with Gasteiger partial charge < -0.3 is 10.3 Å². The number of nitriles is 4. The first-order chi connectivity index (χ1) is 9.73. The highest BCUT2D eigenvalue weighted by Crippen LogP contribution is 2.26. The van der Waals surface area contributed by atoms with Crippen molar-refractivity contribution in [3.05, 3.63) is 41.2 Å². The van der Waals surface area contributed by atoms with Gasteiger partial charge in [0.15, 0.2) is 5.57 Å². The van der Waals surface area contributed by atoms with Crippen LogP contribution in [0, 0.1) is 45.3 Å². The van der Waals surface area contributed by atoms with E-state index in [0.717, 1.165) is 10.9 Å². The van der Waals surface area contributed by atoms with Crippen LogP contribution in [0.4, 0.5) is 5.69 Å². The van der Waals surface area contributed by atoms with Crippen LogP contribution in [-0.2, 0) is 0 Å². The molecule has 1 heterocycles. The molecule has 2 aromatic rings. The van der Waals surface area contributed by atoms with E-state index in [-0.39, 0.29) is 11.3 Å². The number of anilines is 1. The summed E-state index contributed by atoms with van der Waals surface area (Å²) in [4.78, 5) is 2.96. The molecule has 2 N–H and O–H groups in total. The molecule has 0 amide bonds. The molecule has 0 aliphatic rings.